The van der Waals surface area contributed by atoms with E-state index in [1.54, 1.807) is 12.1 Å². The second-order valence-corrected chi connectivity index (χ2v) is 5.99. The number of carbonyl (C=O) groups is 2. The second-order valence-electron chi connectivity index (χ2n) is 5.99. The molecule has 1 N–H and O–H groups in total. The third kappa shape index (κ3) is 5.58. The Labute approximate surface area is 152 Å². The van der Waals surface area contributed by atoms with Gasteiger partial charge in [0.1, 0.15) is 11.6 Å². The van der Waals surface area contributed by atoms with Crippen molar-refractivity contribution in [2.24, 2.45) is 0 Å². The molecule has 0 aliphatic heterocycles. The number of aryl methyl sites for hydroxylation is 2. The molecule has 0 saturated carbocycles. The Hall–Kier alpha value is -2.89. The maximum atomic E-state index is 12.8. The summed E-state index contributed by atoms with van der Waals surface area (Å²) in [6.07, 6.45) is -0.954. The van der Waals surface area contributed by atoms with Crippen LogP contribution in [0.15, 0.2) is 42.5 Å². The van der Waals surface area contributed by atoms with Crippen molar-refractivity contribution in [3.63, 3.8) is 0 Å². The van der Waals surface area contributed by atoms with E-state index in [4.69, 9.17) is 9.47 Å². The Bertz CT molecular complexity index is 754. The summed E-state index contributed by atoms with van der Waals surface area (Å²) in [5.41, 5.74) is 2.59. The predicted molar refractivity (Wildman–Crippen MR) is 95.2 cm³/mol. The maximum absolute atomic E-state index is 12.8. The first-order valence-corrected chi connectivity index (χ1v) is 8.27. The van der Waals surface area contributed by atoms with Crippen molar-refractivity contribution in [1.82, 2.24) is 5.32 Å². The van der Waals surface area contributed by atoms with E-state index in [0.29, 0.717) is 5.75 Å². The van der Waals surface area contributed by atoms with Gasteiger partial charge in [-0.2, -0.15) is 0 Å². The molecular formula is C20H22FNO4. The zero-order valence-electron chi connectivity index (χ0n) is 15.0. The average molecular weight is 359 g/mol. The standard InChI is InChI=1S/C20H22FNO4/c1-13-5-4-6-14(2)19(13)25-12-18(23)26-15(3)20(24)22-11-16-7-9-17(21)10-8-16/h4-10,15H,11-12H2,1-3H3,(H,22,24). The summed E-state index contributed by atoms with van der Waals surface area (Å²) in [6.45, 7) is 5.20. The average Bonchev–Trinajstić information content (AvgIpc) is 2.60. The third-order valence-electron chi connectivity index (χ3n) is 3.80. The summed E-state index contributed by atoms with van der Waals surface area (Å²) in [7, 11) is 0. The lowest BCUT2D eigenvalue weighted by atomic mass is 10.1. The maximum Gasteiger partial charge on any atom is 0.344 e. The summed E-state index contributed by atoms with van der Waals surface area (Å²) in [4.78, 5) is 23.9. The Morgan fingerprint density at radius 3 is 2.31 bits per heavy atom. The minimum absolute atomic E-state index is 0.222. The quantitative estimate of drug-likeness (QED) is 0.772. The number of para-hydroxylation sites is 1. The van der Waals surface area contributed by atoms with Crippen LogP contribution in [0.1, 0.15) is 23.6 Å². The largest absolute Gasteiger partial charge is 0.481 e. The van der Waals surface area contributed by atoms with Gasteiger partial charge in [0.05, 0.1) is 0 Å². The van der Waals surface area contributed by atoms with Crippen molar-refractivity contribution < 1.29 is 23.5 Å². The minimum atomic E-state index is -0.954. The van der Waals surface area contributed by atoms with Gasteiger partial charge < -0.3 is 14.8 Å². The van der Waals surface area contributed by atoms with E-state index in [0.717, 1.165) is 16.7 Å². The molecule has 1 unspecified atom stereocenters. The number of rotatable bonds is 7. The highest BCUT2D eigenvalue weighted by Gasteiger charge is 2.18. The van der Waals surface area contributed by atoms with Crippen molar-refractivity contribution in [3.8, 4) is 5.75 Å². The third-order valence-corrected chi connectivity index (χ3v) is 3.80. The summed E-state index contributed by atoms with van der Waals surface area (Å²) in [6, 6.07) is 11.5. The Balaban J connectivity index is 1.78. The topological polar surface area (TPSA) is 64.6 Å². The lowest BCUT2D eigenvalue weighted by molar-refractivity contribution is -0.156. The highest BCUT2D eigenvalue weighted by molar-refractivity contribution is 5.83. The fourth-order valence-corrected chi connectivity index (χ4v) is 2.38. The first-order valence-electron chi connectivity index (χ1n) is 8.27. The molecule has 0 heterocycles. The van der Waals surface area contributed by atoms with Crippen LogP contribution in [0.5, 0.6) is 5.75 Å². The van der Waals surface area contributed by atoms with Crippen molar-refractivity contribution >= 4 is 11.9 Å². The van der Waals surface area contributed by atoms with Gasteiger partial charge in [-0.05, 0) is 49.6 Å². The molecule has 1 atom stereocenters. The molecule has 5 nitrogen and oxygen atoms in total. The molecule has 6 heteroatoms. The zero-order chi connectivity index (χ0) is 19.1. The minimum Gasteiger partial charge on any atom is -0.481 e. The Kier molecular flexibility index (Phi) is 6.72. The molecule has 1 amide bonds. The van der Waals surface area contributed by atoms with Gasteiger partial charge in [-0.3, -0.25) is 4.79 Å². The van der Waals surface area contributed by atoms with Crippen LogP contribution < -0.4 is 10.1 Å². The van der Waals surface area contributed by atoms with Crippen LogP contribution in [-0.4, -0.2) is 24.6 Å². The number of halogens is 1. The molecule has 0 aliphatic carbocycles. The van der Waals surface area contributed by atoms with Crippen LogP contribution in [0.25, 0.3) is 0 Å². The lowest BCUT2D eigenvalue weighted by Gasteiger charge is -2.15. The van der Waals surface area contributed by atoms with E-state index in [2.05, 4.69) is 5.32 Å². The molecule has 0 aromatic heterocycles. The number of esters is 1. The summed E-state index contributed by atoms with van der Waals surface area (Å²) < 4.78 is 23.4. The Morgan fingerprint density at radius 1 is 1.08 bits per heavy atom. The molecule has 138 valence electrons. The van der Waals surface area contributed by atoms with Crippen molar-refractivity contribution in [2.45, 2.75) is 33.4 Å². The number of nitrogens with one attached hydrogen (secondary N) is 1. The van der Waals surface area contributed by atoms with Crippen molar-refractivity contribution in [2.75, 3.05) is 6.61 Å². The van der Waals surface area contributed by atoms with Gasteiger partial charge in [-0.1, -0.05) is 30.3 Å². The monoisotopic (exact) mass is 359 g/mol. The molecule has 0 aliphatic rings. The van der Waals surface area contributed by atoms with E-state index < -0.39 is 18.0 Å². The van der Waals surface area contributed by atoms with Crippen LogP contribution in [0.3, 0.4) is 0 Å². The fourth-order valence-electron chi connectivity index (χ4n) is 2.38. The number of amides is 1. The van der Waals surface area contributed by atoms with Crippen LogP contribution in [0.4, 0.5) is 4.39 Å². The van der Waals surface area contributed by atoms with E-state index in [1.807, 2.05) is 32.0 Å². The summed E-state index contributed by atoms with van der Waals surface area (Å²) in [5.74, 6) is -0.768. The Morgan fingerprint density at radius 2 is 1.69 bits per heavy atom. The van der Waals surface area contributed by atoms with Crippen LogP contribution >= 0.6 is 0 Å². The van der Waals surface area contributed by atoms with Crippen LogP contribution in [0, 0.1) is 19.7 Å². The molecule has 2 aromatic carbocycles. The highest BCUT2D eigenvalue weighted by atomic mass is 19.1. The number of benzene rings is 2. The van der Waals surface area contributed by atoms with Gasteiger partial charge in [0, 0.05) is 6.54 Å². The number of carbonyl (C=O) groups excluding carboxylic acids is 2. The van der Waals surface area contributed by atoms with Crippen LogP contribution in [-0.2, 0) is 20.9 Å². The normalized spacial score (nSPS) is 11.5. The first-order chi connectivity index (χ1) is 12.4. The van der Waals surface area contributed by atoms with Crippen LogP contribution in [0.2, 0.25) is 0 Å². The smallest absolute Gasteiger partial charge is 0.344 e. The van der Waals surface area contributed by atoms with Gasteiger partial charge in [0.15, 0.2) is 12.7 Å². The molecular weight excluding hydrogens is 337 g/mol. The number of hydrogen-bond acceptors (Lipinski definition) is 4. The molecule has 0 radical (unpaired) electrons. The predicted octanol–water partition coefficient (Wildman–Crippen LogP) is 3.07. The van der Waals surface area contributed by atoms with Gasteiger partial charge in [0.2, 0.25) is 0 Å². The van der Waals surface area contributed by atoms with Crippen molar-refractivity contribution in [1.29, 1.82) is 0 Å². The summed E-state index contributed by atoms with van der Waals surface area (Å²) >= 11 is 0. The molecule has 2 aromatic rings. The van der Waals surface area contributed by atoms with Gasteiger partial charge in [-0.15, -0.1) is 0 Å². The van der Waals surface area contributed by atoms with E-state index in [-0.39, 0.29) is 19.0 Å². The number of hydrogen-bond donors (Lipinski definition) is 1. The molecule has 0 bridgehead atoms. The highest BCUT2D eigenvalue weighted by Crippen LogP contribution is 2.22. The van der Waals surface area contributed by atoms with E-state index in [9.17, 15) is 14.0 Å². The van der Waals surface area contributed by atoms with Gasteiger partial charge >= 0.3 is 5.97 Å². The zero-order valence-corrected chi connectivity index (χ0v) is 15.0. The van der Waals surface area contributed by atoms with E-state index in [1.165, 1.54) is 19.1 Å². The lowest BCUT2D eigenvalue weighted by Crippen LogP contribution is -2.36. The van der Waals surface area contributed by atoms with E-state index >= 15 is 0 Å². The van der Waals surface area contributed by atoms with Crippen molar-refractivity contribution in [3.05, 3.63) is 65.0 Å². The fraction of sp³-hybridized carbons (Fsp3) is 0.300. The molecule has 0 spiro atoms. The SMILES string of the molecule is Cc1cccc(C)c1OCC(=O)OC(C)C(=O)NCc1ccc(F)cc1. The first kappa shape index (κ1) is 19.4. The molecule has 2 rings (SSSR count). The van der Waals surface area contributed by atoms with Gasteiger partial charge in [0.25, 0.3) is 5.91 Å². The second kappa shape index (κ2) is 8.99. The number of ether oxygens (including phenoxy) is 2. The molecule has 0 saturated heterocycles. The molecule has 0 fully saturated rings. The van der Waals surface area contributed by atoms with Gasteiger partial charge in [-0.25, -0.2) is 9.18 Å². The molecule has 26 heavy (non-hydrogen) atoms. The summed E-state index contributed by atoms with van der Waals surface area (Å²) in [5, 5.41) is 2.64.